The third-order valence-electron chi connectivity index (χ3n) is 2.16. The van der Waals surface area contributed by atoms with Crippen molar-refractivity contribution in [2.75, 3.05) is 0 Å². The first-order valence-corrected chi connectivity index (χ1v) is 5.01. The van der Waals surface area contributed by atoms with E-state index in [9.17, 15) is 26.3 Å². The smallest absolute Gasteiger partial charge is 0.388 e. The fourth-order valence-electron chi connectivity index (χ4n) is 1.46. The van der Waals surface area contributed by atoms with Crippen molar-refractivity contribution in [3.63, 3.8) is 0 Å². The molecule has 2 N–H and O–H groups in total. The molecule has 0 radical (unpaired) electrons. The van der Waals surface area contributed by atoms with E-state index in [1.165, 1.54) is 6.07 Å². The van der Waals surface area contributed by atoms with Crippen molar-refractivity contribution in [3.8, 4) is 11.9 Å². The second kappa shape index (κ2) is 5.54. The fourth-order valence-corrected chi connectivity index (χ4v) is 1.46. The van der Waals surface area contributed by atoms with Crippen LogP contribution < -0.4 is 10.5 Å². The van der Waals surface area contributed by atoms with Crippen molar-refractivity contribution in [2.45, 2.75) is 25.5 Å². The van der Waals surface area contributed by atoms with Crippen LogP contribution in [0.15, 0.2) is 6.07 Å². The van der Waals surface area contributed by atoms with Gasteiger partial charge in [0.25, 0.3) is 0 Å². The van der Waals surface area contributed by atoms with Gasteiger partial charge in [0.05, 0.1) is 12.5 Å². The third-order valence-corrected chi connectivity index (χ3v) is 2.16. The Kier molecular flexibility index (Phi) is 4.44. The quantitative estimate of drug-likeness (QED) is 0.870. The third kappa shape index (κ3) is 3.99. The Labute approximate surface area is 108 Å². The van der Waals surface area contributed by atoms with Crippen molar-refractivity contribution in [2.24, 2.45) is 5.73 Å². The van der Waals surface area contributed by atoms with Gasteiger partial charge in [-0.05, 0) is 5.56 Å². The van der Waals surface area contributed by atoms with Gasteiger partial charge in [0.1, 0.15) is 0 Å². The first-order valence-electron chi connectivity index (χ1n) is 5.01. The Morgan fingerprint density at radius 3 is 2.25 bits per heavy atom. The highest BCUT2D eigenvalue weighted by molar-refractivity contribution is 5.38. The van der Waals surface area contributed by atoms with E-state index in [-0.39, 0.29) is 5.56 Å². The van der Waals surface area contributed by atoms with Crippen molar-refractivity contribution in [1.82, 2.24) is 4.98 Å². The summed E-state index contributed by atoms with van der Waals surface area (Å²) >= 11 is 0. The van der Waals surface area contributed by atoms with Gasteiger partial charge in [-0.3, -0.25) is 0 Å². The molecule has 0 saturated carbocycles. The number of ether oxygens (including phenoxy) is 1. The van der Waals surface area contributed by atoms with Crippen LogP contribution in [0, 0.1) is 11.3 Å². The first kappa shape index (κ1) is 16.0. The normalized spacial score (nSPS) is 12.1. The summed E-state index contributed by atoms with van der Waals surface area (Å²) in [6.45, 7) is -0.489. The minimum Gasteiger partial charge on any atom is -0.388 e. The van der Waals surface area contributed by atoms with Gasteiger partial charge in [-0.15, -0.1) is 13.2 Å². The largest absolute Gasteiger partial charge is 0.574 e. The molecule has 0 aromatic carbocycles. The molecule has 0 atom stereocenters. The molecular formula is C10H7F6N3O. The number of nitriles is 1. The number of nitrogens with two attached hydrogens (primary N) is 1. The van der Waals surface area contributed by atoms with E-state index < -0.39 is 42.6 Å². The lowest BCUT2D eigenvalue weighted by atomic mass is 10.0. The zero-order valence-corrected chi connectivity index (χ0v) is 9.64. The summed E-state index contributed by atoms with van der Waals surface area (Å²) in [7, 11) is 0. The van der Waals surface area contributed by atoms with E-state index in [0.717, 1.165) is 0 Å². The Morgan fingerprint density at radius 1 is 1.25 bits per heavy atom. The number of halogens is 6. The van der Waals surface area contributed by atoms with Crippen molar-refractivity contribution >= 4 is 0 Å². The summed E-state index contributed by atoms with van der Waals surface area (Å²) in [4.78, 5) is 2.78. The summed E-state index contributed by atoms with van der Waals surface area (Å²) in [6.07, 6.45) is -10.9. The zero-order chi connectivity index (χ0) is 15.6. The molecule has 10 heteroatoms. The molecule has 1 heterocycles. The molecule has 0 bridgehead atoms. The minimum atomic E-state index is -5.18. The van der Waals surface area contributed by atoms with E-state index in [4.69, 9.17) is 11.0 Å². The number of aromatic nitrogens is 1. The molecule has 0 spiro atoms. The van der Waals surface area contributed by atoms with E-state index in [1.807, 2.05) is 0 Å². The lowest BCUT2D eigenvalue weighted by molar-refractivity contribution is -0.276. The Bertz CT molecular complexity index is 532. The van der Waals surface area contributed by atoms with Crippen LogP contribution >= 0.6 is 0 Å². The number of nitrogens with zero attached hydrogens (tertiary/aromatic N) is 2. The maximum absolute atomic E-state index is 12.8. The maximum atomic E-state index is 12.8. The lowest BCUT2D eigenvalue weighted by Crippen LogP contribution is -2.21. The average Bonchev–Trinajstić information content (AvgIpc) is 2.27. The molecule has 0 saturated heterocycles. The fraction of sp³-hybridized carbons (Fsp3) is 0.400. The summed E-state index contributed by atoms with van der Waals surface area (Å²) in [5.41, 5.74) is 2.73. The van der Waals surface area contributed by atoms with E-state index in [1.54, 1.807) is 0 Å². The van der Waals surface area contributed by atoms with Gasteiger partial charge >= 0.3 is 12.5 Å². The molecule has 20 heavy (non-hydrogen) atoms. The summed E-state index contributed by atoms with van der Waals surface area (Å²) in [6, 6.07) is 2.11. The highest BCUT2D eigenvalue weighted by atomic mass is 19.4. The van der Waals surface area contributed by atoms with Crippen molar-refractivity contribution in [1.29, 1.82) is 5.26 Å². The molecule has 1 rings (SSSR count). The molecule has 0 aliphatic heterocycles. The Balaban J connectivity index is 3.44. The van der Waals surface area contributed by atoms with Gasteiger partial charge in [0, 0.05) is 18.2 Å². The summed E-state index contributed by atoms with van der Waals surface area (Å²) in [5, 5.41) is 8.49. The number of rotatable bonds is 3. The second-order valence-corrected chi connectivity index (χ2v) is 3.53. The van der Waals surface area contributed by atoms with Crippen LogP contribution in [-0.2, 0) is 19.1 Å². The molecule has 4 nitrogen and oxygen atoms in total. The van der Waals surface area contributed by atoms with E-state index >= 15 is 0 Å². The number of alkyl halides is 6. The van der Waals surface area contributed by atoms with Gasteiger partial charge in [-0.25, -0.2) is 4.98 Å². The average molecular weight is 299 g/mol. The van der Waals surface area contributed by atoms with E-state index in [2.05, 4.69) is 9.72 Å². The highest BCUT2D eigenvalue weighted by Crippen LogP contribution is 2.35. The Morgan fingerprint density at radius 2 is 1.85 bits per heavy atom. The monoisotopic (exact) mass is 299 g/mol. The predicted molar refractivity (Wildman–Crippen MR) is 53.1 cm³/mol. The van der Waals surface area contributed by atoms with Crippen molar-refractivity contribution < 1.29 is 31.1 Å². The number of hydrogen-bond acceptors (Lipinski definition) is 4. The van der Waals surface area contributed by atoms with Gasteiger partial charge in [0.15, 0.2) is 5.69 Å². The number of pyridine rings is 1. The standard InChI is InChI=1S/C10H7F6N3O/c11-9(12,13)8-6(1-2-17)5(4-18)3-7(19-8)20-10(14,15)16/h3H,1,4,18H2. The predicted octanol–water partition coefficient (Wildman–Crippen LogP) is 2.52. The first-order chi connectivity index (χ1) is 9.08. The van der Waals surface area contributed by atoms with Gasteiger partial charge in [0.2, 0.25) is 5.88 Å². The summed E-state index contributed by atoms with van der Waals surface area (Å²) in [5.74, 6) is -1.27. The molecule has 0 aliphatic rings. The molecule has 0 fully saturated rings. The molecular weight excluding hydrogens is 292 g/mol. The zero-order valence-electron chi connectivity index (χ0n) is 9.64. The van der Waals surface area contributed by atoms with Crippen molar-refractivity contribution in [3.05, 3.63) is 22.9 Å². The molecule has 0 unspecified atom stereocenters. The van der Waals surface area contributed by atoms with Gasteiger partial charge in [-0.1, -0.05) is 0 Å². The number of hydrogen-bond donors (Lipinski definition) is 1. The Hall–Kier alpha value is -2.02. The van der Waals surface area contributed by atoms with Crippen LogP contribution in [0.5, 0.6) is 5.88 Å². The summed E-state index contributed by atoms with van der Waals surface area (Å²) < 4.78 is 77.7. The van der Waals surface area contributed by atoms with E-state index in [0.29, 0.717) is 6.07 Å². The molecule has 0 amide bonds. The lowest BCUT2D eigenvalue weighted by Gasteiger charge is -2.16. The molecule has 1 aromatic heterocycles. The topological polar surface area (TPSA) is 71.9 Å². The maximum Gasteiger partial charge on any atom is 0.574 e. The second-order valence-electron chi connectivity index (χ2n) is 3.53. The highest BCUT2D eigenvalue weighted by Gasteiger charge is 2.39. The molecule has 110 valence electrons. The minimum absolute atomic E-state index is 0.284. The molecule has 1 aromatic rings. The van der Waals surface area contributed by atoms with Crippen LogP contribution in [0.3, 0.4) is 0 Å². The SMILES string of the molecule is N#CCc1c(CN)cc(OC(F)(F)F)nc1C(F)(F)F. The van der Waals surface area contributed by atoms with Crippen LogP contribution in [0.4, 0.5) is 26.3 Å². The van der Waals surface area contributed by atoms with Gasteiger partial charge in [-0.2, -0.15) is 18.4 Å². The van der Waals surface area contributed by atoms with Crippen LogP contribution in [0.1, 0.15) is 16.8 Å². The van der Waals surface area contributed by atoms with Gasteiger partial charge < -0.3 is 10.5 Å². The molecule has 0 aliphatic carbocycles. The van der Waals surface area contributed by atoms with Crippen LogP contribution in [0.25, 0.3) is 0 Å². The van der Waals surface area contributed by atoms with Crippen LogP contribution in [-0.4, -0.2) is 11.3 Å². The van der Waals surface area contributed by atoms with Crippen LogP contribution in [0.2, 0.25) is 0 Å².